The molecular weight excluding hydrogens is 276 g/mol. The summed E-state index contributed by atoms with van der Waals surface area (Å²) >= 11 is 6.01. The standard InChI is InChI=1S/C15H19ClN2O2/c1-4-18-13(7-10(2)17-18)14(19)9-11-8-12(16)5-6-15(11)20-3/h5-8,14,19H,4,9H2,1-3H3. The highest BCUT2D eigenvalue weighted by Crippen LogP contribution is 2.28. The Hall–Kier alpha value is -1.52. The maximum Gasteiger partial charge on any atom is 0.122 e. The van der Waals surface area contributed by atoms with E-state index in [2.05, 4.69) is 5.10 Å². The lowest BCUT2D eigenvalue weighted by Gasteiger charge is -2.15. The Balaban J connectivity index is 2.27. The van der Waals surface area contributed by atoms with Crippen molar-refractivity contribution in [2.24, 2.45) is 0 Å². The van der Waals surface area contributed by atoms with Gasteiger partial charge in [-0.2, -0.15) is 5.10 Å². The van der Waals surface area contributed by atoms with Crippen LogP contribution in [0.5, 0.6) is 5.75 Å². The van der Waals surface area contributed by atoms with Crippen molar-refractivity contribution in [3.05, 3.63) is 46.2 Å². The number of ether oxygens (including phenoxy) is 1. The zero-order chi connectivity index (χ0) is 14.7. The van der Waals surface area contributed by atoms with E-state index in [0.717, 1.165) is 29.2 Å². The summed E-state index contributed by atoms with van der Waals surface area (Å²) in [6, 6.07) is 7.32. The molecule has 1 atom stereocenters. The molecule has 1 aromatic carbocycles. The van der Waals surface area contributed by atoms with Gasteiger partial charge in [0.2, 0.25) is 0 Å². The number of rotatable bonds is 5. The van der Waals surface area contributed by atoms with Gasteiger partial charge >= 0.3 is 0 Å². The van der Waals surface area contributed by atoms with Crippen molar-refractivity contribution in [2.45, 2.75) is 32.9 Å². The topological polar surface area (TPSA) is 47.3 Å². The molecule has 5 heteroatoms. The molecular formula is C15H19ClN2O2. The molecule has 1 unspecified atom stereocenters. The van der Waals surface area contributed by atoms with Gasteiger partial charge in [0.25, 0.3) is 0 Å². The van der Waals surface area contributed by atoms with Crippen LogP contribution in [0.4, 0.5) is 0 Å². The number of aromatic nitrogens is 2. The van der Waals surface area contributed by atoms with E-state index in [0.29, 0.717) is 11.4 Å². The van der Waals surface area contributed by atoms with Crippen molar-refractivity contribution in [1.29, 1.82) is 0 Å². The second kappa shape index (κ2) is 6.29. The Labute approximate surface area is 123 Å². The van der Waals surface area contributed by atoms with Gasteiger partial charge in [0, 0.05) is 18.0 Å². The van der Waals surface area contributed by atoms with Crippen LogP contribution in [0.1, 0.15) is 30.0 Å². The second-order valence-electron chi connectivity index (χ2n) is 4.70. The maximum atomic E-state index is 10.5. The first-order valence-corrected chi connectivity index (χ1v) is 6.97. The minimum Gasteiger partial charge on any atom is -0.496 e. The molecule has 0 spiro atoms. The Kier molecular flexibility index (Phi) is 4.68. The van der Waals surface area contributed by atoms with E-state index in [-0.39, 0.29) is 0 Å². The third-order valence-corrected chi connectivity index (χ3v) is 3.47. The van der Waals surface area contributed by atoms with Crippen molar-refractivity contribution in [1.82, 2.24) is 9.78 Å². The molecule has 0 saturated heterocycles. The fourth-order valence-electron chi connectivity index (χ4n) is 2.31. The van der Waals surface area contributed by atoms with Gasteiger partial charge in [-0.25, -0.2) is 0 Å². The molecule has 1 aromatic heterocycles. The van der Waals surface area contributed by atoms with E-state index in [1.165, 1.54) is 0 Å². The minimum atomic E-state index is -0.636. The van der Waals surface area contributed by atoms with Crippen LogP contribution in [0.2, 0.25) is 5.02 Å². The highest BCUT2D eigenvalue weighted by atomic mass is 35.5. The average molecular weight is 295 g/mol. The minimum absolute atomic E-state index is 0.439. The molecule has 2 aromatic rings. The zero-order valence-corrected chi connectivity index (χ0v) is 12.7. The van der Waals surface area contributed by atoms with Crippen LogP contribution in [-0.4, -0.2) is 22.0 Å². The zero-order valence-electron chi connectivity index (χ0n) is 11.9. The molecule has 108 valence electrons. The van der Waals surface area contributed by atoms with Crippen LogP contribution in [0.3, 0.4) is 0 Å². The van der Waals surface area contributed by atoms with Gasteiger partial charge in [-0.15, -0.1) is 0 Å². The predicted octanol–water partition coefficient (Wildman–Crippen LogP) is 3.15. The van der Waals surface area contributed by atoms with Gasteiger partial charge in [0.1, 0.15) is 5.75 Å². The lowest BCUT2D eigenvalue weighted by molar-refractivity contribution is 0.166. The monoisotopic (exact) mass is 294 g/mol. The fraction of sp³-hybridized carbons (Fsp3) is 0.400. The normalized spacial score (nSPS) is 12.4. The summed E-state index contributed by atoms with van der Waals surface area (Å²) in [5.74, 6) is 0.729. The summed E-state index contributed by atoms with van der Waals surface area (Å²) < 4.78 is 7.12. The number of aliphatic hydroxyl groups is 1. The number of halogens is 1. The molecule has 0 bridgehead atoms. The van der Waals surface area contributed by atoms with Gasteiger partial charge in [-0.3, -0.25) is 4.68 Å². The third-order valence-electron chi connectivity index (χ3n) is 3.23. The van der Waals surface area contributed by atoms with Crippen LogP contribution >= 0.6 is 11.6 Å². The average Bonchev–Trinajstić information content (AvgIpc) is 2.80. The largest absolute Gasteiger partial charge is 0.496 e. The number of hydrogen-bond donors (Lipinski definition) is 1. The third kappa shape index (κ3) is 3.14. The van der Waals surface area contributed by atoms with E-state index in [4.69, 9.17) is 16.3 Å². The number of hydrogen-bond acceptors (Lipinski definition) is 3. The summed E-state index contributed by atoms with van der Waals surface area (Å²) in [7, 11) is 1.61. The van der Waals surface area contributed by atoms with E-state index >= 15 is 0 Å². The van der Waals surface area contributed by atoms with E-state index in [9.17, 15) is 5.11 Å². The lowest BCUT2D eigenvalue weighted by Crippen LogP contribution is -2.10. The molecule has 2 rings (SSSR count). The van der Waals surface area contributed by atoms with Crippen molar-refractivity contribution in [3.8, 4) is 5.75 Å². The van der Waals surface area contributed by atoms with Crippen LogP contribution in [-0.2, 0) is 13.0 Å². The highest BCUT2D eigenvalue weighted by molar-refractivity contribution is 6.30. The van der Waals surface area contributed by atoms with Gasteiger partial charge in [-0.05, 0) is 43.7 Å². The van der Waals surface area contributed by atoms with Crippen molar-refractivity contribution >= 4 is 11.6 Å². The van der Waals surface area contributed by atoms with Gasteiger partial charge in [0.05, 0.1) is 24.6 Å². The predicted molar refractivity (Wildman–Crippen MR) is 79.3 cm³/mol. The molecule has 0 saturated carbocycles. The van der Waals surface area contributed by atoms with E-state index < -0.39 is 6.10 Å². The molecule has 0 amide bonds. The summed E-state index contributed by atoms with van der Waals surface area (Å²) in [4.78, 5) is 0. The van der Waals surface area contributed by atoms with Crippen LogP contribution in [0.25, 0.3) is 0 Å². The lowest BCUT2D eigenvalue weighted by atomic mass is 10.0. The molecule has 0 fully saturated rings. The first kappa shape index (κ1) is 14.9. The van der Waals surface area contributed by atoms with Crippen molar-refractivity contribution in [3.63, 3.8) is 0 Å². The summed E-state index contributed by atoms with van der Waals surface area (Å²) in [5, 5.41) is 15.4. The Morgan fingerprint density at radius 2 is 2.15 bits per heavy atom. The second-order valence-corrected chi connectivity index (χ2v) is 5.14. The van der Waals surface area contributed by atoms with E-state index in [1.807, 2.05) is 36.7 Å². The molecule has 1 heterocycles. The Morgan fingerprint density at radius 1 is 1.40 bits per heavy atom. The van der Waals surface area contributed by atoms with Crippen LogP contribution in [0.15, 0.2) is 24.3 Å². The van der Waals surface area contributed by atoms with Crippen molar-refractivity contribution < 1.29 is 9.84 Å². The van der Waals surface area contributed by atoms with Gasteiger partial charge in [-0.1, -0.05) is 11.6 Å². The summed E-state index contributed by atoms with van der Waals surface area (Å²) in [6.45, 7) is 4.65. The van der Waals surface area contributed by atoms with Gasteiger partial charge < -0.3 is 9.84 Å². The quantitative estimate of drug-likeness (QED) is 0.921. The molecule has 0 radical (unpaired) electrons. The Bertz CT molecular complexity index is 596. The van der Waals surface area contributed by atoms with Crippen LogP contribution in [0, 0.1) is 6.92 Å². The first-order valence-electron chi connectivity index (χ1n) is 6.60. The number of aryl methyl sites for hydroxylation is 2. The van der Waals surface area contributed by atoms with Crippen molar-refractivity contribution in [2.75, 3.05) is 7.11 Å². The molecule has 0 aliphatic carbocycles. The SMILES string of the molecule is CCn1nc(C)cc1C(O)Cc1cc(Cl)ccc1OC. The molecule has 0 aliphatic heterocycles. The summed E-state index contributed by atoms with van der Waals surface area (Å²) in [6.07, 6.45) is -0.196. The highest BCUT2D eigenvalue weighted by Gasteiger charge is 2.17. The molecule has 4 nitrogen and oxygen atoms in total. The number of aliphatic hydroxyl groups excluding tert-OH is 1. The fourth-order valence-corrected chi connectivity index (χ4v) is 2.50. The van der Waals surface area contributed by atoms with Crippen LogP contribution < -0.4 is 4.74 Å². The molecule has 1 N–H and O–H groups in total. The Morgan fingerprint density at radius 3 is 2.80 bits per heavy atom. The number of nitrogens with zero attached hydrogens (tertiary/aromatic N) is 2. The first-order chi connectivity index (χ1) is 9.55. The number of benzene rings is 1. The number of methoxy groups -OCH3 is 1. The van der Waals surface area contributed by atoms with Gasteiger partial charge in [0.15, 0.2) is 0 Å². The maximum absolute atomic E-state index is 10.5. The smallest absolute Gasteiger partial charge is 0.122 e. The molecule has 0 aliphatic rings. The molecule has 20 heavy (non-hydrogen) atoms. The van der Waals surface area contributed by atoms with E-state index in [1.54, 1.807) is 13.2 Å². The summed E-state index contributed by atoms with van der Waals surface area (Å²) in [5.41, 5.74) is 2.60.